The normalized spacial score (nSPS) is 20.4. The molecule has 1 atom stereocenters. The fourth-order valence-corrected chi connectivity index (χ4v) is 1.90. The number of aromatic nitrogens is 2. The van der Waals surface area contributed by atoms with Crippen LogP contribution in [0.15, 0.2) is 36.4 Å². The van der Waals surface area contributed by atoms with Gasteiger partial charge in [-0.1, -0.05) is 18.2 Å². The average molecular weight is 228 g/mol. The molecule has 4 heteroatoms. The molecule has 0 aliphatic carbocycles. The summed E-state index contributed by atoms with van der Waals surface area (Å²) in [5.74, 6) is 1.24. The van der Waals surface area contributed by atoms with Crippen LogP contribution in [0.1, 0.15) is 23.1 Å². The van der Waals surface area contributed by atoms with Crippen LogP contribution in [0, 0.1) is 6.92 Å². The number of ether oxygens (including phenoxy) is 1. The second-order valence-electron chi connectivity index (χ2n) is 3.99. The number of benzene rings is 1. The molecule has 0 bridgehead atoms. The van der Waals surface area contributed by atoms with Gasteiger partial charge in [0.15, 0.2) is 0 Å². The number of aryl methyl sites for hydroxylation is 1. The fourth-order valence-electron chi connectivity index (χ4n) is 1.90. The minimum absolute atomic E-state index is 0.526. The predicted octanol–water partition coefficient (Wildman–Crippen LogP) is 2.19. The molecule has 1 aromatic heterocycles. The quantitative estimate of drug-likeness (QED) is 0.786. The number of H-pyrrole nitrogens is 1. The SMILES string of the molecule is Cc1nc[nH]c1/C=C1/Oc2ccccc2C1O. The van der Waals surface area contributed by atoms with Crippen molar-refractivity contribution in [2.75, 3.05) is 0 Å². The van der Waals surface area contributed by atoms with Gasteiger partial charge in [-0.2, -0.15) is 0 Å². The number of aromatic amines is 1. The summed E-state index contributed by atoms with van der Waals surface area (Å²) in [6, 6.07) is 7.48. The third kappa shape index (κ3) is 1.62. The van der Waals surface area contributed by atoms with E-state index >= 15 is 0 Å². The first-order valence-corrected chi connectivity index (χ1v) is 5.42. The molecule has 17 heavy (non-hydrogen) atoms. The van der Waals surface area contributed by atoms with Crippen molar-refractivity contribution >= 4 is 6.08 Å². The van der Waals surface area contributed by atoms with Gasteiger partial charge in [0.25, 0.3) is 0 Å². The molecule has 0 saturated carbocycles. The Balaban J connectivity index is 1.99. The minimum Gasteiger partial charge on any atom is -0.458 e. The Morgan fingerprint density at radius 2 is 2.24 bits per heavy atom. The maximum Gasteiger partial charge on any atom is 0.140 e. The molecule has 3 rings (SSSR count). The third-order valence-electron chi connectivity index (χ3n) is 2.87. The zero-order valence-electron chi connectivity index (χ0n) is 9.34. The average Bonchev–Trinajstić information content (AvgIpc) is 2.87. The monoisotopic (exact) mass is 228 g/mol. The molecule has 2 aromatic rings. The lowest BCUT2D eigenvalue weighted by Crippen LogP contribution is -1.97. The van der Waals surface area contributed by atoms with Crippen molar-refractivity contribution in [3.63, 3.8) is 0 Å². The zero-order chi connectivity index (χ0) is 11.8. The zero-order valence-corrected chi connectivity index (χ0v) is 9.34. The van der Waals surface area contributed by atoms with Crippen molar-refractivity contribution < 1.29 is 9.84 Å². The summed E-state index contributed by atoms with van der Waals surface area (Å²) in [6.45, 7) is 1.90. The first kappa shape index (κ1) is 10.1. The van der Waals surface area contributed by atoms with Crippen LogP contribution in [0.25, 0.3) is 6.08 Å². The number of aliphatic hydroxyl groups is 1. The van der Waals surface area contributed by atoms with E-state index in [4.69, 9.17) is 4.74 Å². The van der Waals surface area contributed by atoms with Gasteiger partial charge in [0, 0.05) is 11.6 Å². The van der Waals surface area contributed by atoms with Gasteiger partial charge in [-0.05, 0) is 13.0 Å². The number of nitrogens with zero attached hydrogens (tertiary/aromatic N) is 1. The molecule has 4 nitrogen and oxygen atoms in total. The lowest BCUT2D eigenvalue weighted by molar-refractivity contribution is 0.193. The van der Waals surface area contributed by atoms with Crippen molar-refractivity contribution in [1.29, 1.82) is 0 Å². The third-order valence-corrected chi connectivity index (χ3v) is 2.87. The highest BCUT2D eigenvalue weighted by Crippen LogP contribution is 2.39. The highest BCUT2D eigenvalue weighted by atomic mass is 16.5. The van der Waals surface area contributed by atoms with E-state index in [9.17, 15) is 5.11 Å². The Morgan fingerprint density at radius 3 is 2.94 bits per heavy atom. The summed E-state index contributed by atoms with van der Waals surface area (Å²) in [6.07, 6.45) is 2.71. The Kier molecular flexibility index (Phi) is 2.23. The van der Waals surface area contributed by atoms with Gasteiger partial charge < -0.3 is 14.8 Å². The Hall–Kier alpha value is -2.07. The molecule has 1 unspecified atom stereocenters. The molecule has 0 saturated heterocycles. The maximum absolute atomic E-state index is 10.1. The molecule has 0 fully saturated rings. The summed E-state index contributed by atoms with van der Waals surface area (Å²) in [7, 11) is 0. The van der Waals surface area contributed by atoms with Crippen molar-refractivity contribution in [1.82, 2.24) is 9.97 Å². The van der Waals surface area contributed by atoms with E-state index in [1.54, 1.807) is 12.4 Å². The van der Waals surface area contributed by atoms with Gasteiger partial charge in [-0.3, -0.25) is 0 Å². The van der Waals surface area contributed by atoms with Crippen LogP contribution < -0.4 is 4.74 Å². The van der Waals surface area contributed by atoms with Crippen molar-refractivity contribution in [2.24, 2.45) is 0 Å². The van der Waals surface area contributed by atoms with Crippen LogP contribution in [-0.2, 0) is 0 Å². The largest absolute Gasteiger partial charge is 0.458 e. The Labute approximate surface area is 98.6 Å². The highest BCUT2D eigenvalue weighted by molar-refractivity contribution is 5.56. The van der Waals surface area contributed by atoms with Crippen molar-refractivity contribution in [2.45, 2.75) is 13.0 Å². The van der Waals surface area contributed by atoms with E-state index in [0.717, 1.165) is 17.0 Å². The van der Waals surface area contributed by atoms with Crippen molar-refractivity contribution in [3.05, 3.63) is 53.3 Å². The second kappa shape index (κ2) is 3.75. The van der Waals surface area contributed by atoms with Gasteiger partial charge >= 0.3 is 0 Å². The van der Waals surface area contributed by atoms with Crippen LogP contribution >= 0.6 is 0 Å². The summed E-state index contributed by atoms with van der Waals surface area (Å²) >= 11 is 0. The van der Waals surface area contributed by atoms with Crippen LogP contribution in [0.4, 0.5) is 0 Å². The van der Waals surface area contributed by atoms with Crippen LogP contribution in [0.3, 0.4) is 0 Å². The molecular formula is C13H12N2O2. The lowest BCUT2D eigenvalue weighted by Gasteiger charge is -2.02. The molecule has 1 aromatic carbocycles. The molecule has 1 aliphatic rings. The molecule has 0 amide bonds. The maximum atomic E-state index is 10.1. The number of nitrogens with one attached hydrogen (secondary N) is 1. The van der Waals surface area contributed by atoms with Crippen LogP contribution in [0.2, 0.25) is 0 Å². The molecular weight excluding hydrogens is 216 g/mol. The van der Waals surface area contributed by atoms with E-state index in [-0.39, 0.29) is 0 Å². The number of hydrogen-bond donors (Lipinski definition) is 2. The van der Waals surface area contributed by atoms with E-state index in [2.05, 4.69) is 9.97 Å². The molecule has 2 N–H and O–H groups in total. The van der Waals surface area contributed by atoms with Crippen molar-refractivity contribution in [3.8, 4) is 5.75 Å². The minimum atomic E-state index is -0.700. The number of imidazole rings is 1. The first-order valence-electron chi connectivity index (χ1n) is 5.42. The number of fused-ring (bicyclic) bond motifs is 1. The Morgan fingerprint density at radius 1 is 1.41 bits per heavy atom. The first-order chi connectivity index (χ1) is 8.25. The van der Waals surface area contributed by atoms with E-state index in [1.165, 1.54) is 0 Å². The predicted molar refractivity (Wildman–Crippen MR) is 63.3 cm³/mol. The van der Waals surface area contributed by atoms with E-state index < -0.39 is 6.10 Å². The fraction of sp³-hybridized carbons (Fsp3) is 0.154. The molecule has 2 heterocycles. The lowest BCUT2D eigenvalue weighted by atomic mass is 10.1. The summed E-state index contributed by atoms with van der Waals surface area (Å²) in [5, 5.41) is 10.1. The topological polar surface area (TPSA) is 58.1 Å². The smallest absolute Gasteiger partial charge is 0.140 e. The van der Waals surface area contributed by atoms with E-state index in [0.29, 0.717) is 11.5 Å². The Bertz CT molecular complexity index is 587. The number of aliphatic hydroxyl groups excluding tert-OH is 1. The molecule has 86 valence electrons. The van der Waals surface area contributed by atoms with Gasteiger partial charge in [-0.25, -0.2) is 4.98 Å². The summed E-state index contributed by atoms with van der Waals surface area (Å²) in [5.41, 5.74) is 2.53. The molecule has 1 aliphatic heterocycles. The van der Waals surface area contributed by atoms with Gasteiger partial charge in [0.2, 0.25) is 0 Å². The molecule has 0 radical (unpaired) electrons. The number of hydrogen-bond acceptors (Lipinski definition) is 3. The standard InChI is InChI=1S/C13H12N2O2/c1-8-10(15-7-14-8)6-12-13(16)9-4-2-3-5-11(9)17-12/h2-7,13,16H,1H3,(H,14,15)/b12-6+. The van der Waals surface area contributed by atoms with Gasteiger partial charge in [0.1, 0.15) is 17.6 Å². The highest BCUT2D eigenvalue weighted by Gasteiger charge is 2.27. The van der Waals surface area contributed by atoms with Crippen LogP contribution in [-0.4, -0.2) is 15.1 Å². The van der Waals surface area contributed by atoms with E-state index in [1.807, 2.05) is 31.2 Å². The van der Waals surface area contributed by atoms with Gasteiger partial charge in [0.05, 0.1) is 17.7 Å². The van der Waals surface area contributed by atoms with Gasteiger partial charge in [-0.15, -0.1) is 0 Å². The molecule has 0 spiro atoms. The number of rotatable bonds is 1. The second-order valence-corrected chi connectivity index (χ2v) is 3.99. The summed E-state index contributed by atoms with van der Waals surface area (Å²) < 4.78 is 5.61. The summed E-state index contributed by atoms with van der Waals surface area (Å²) in [4.78, 5) is 7.10. The van der Waals surface area contributed by atoms with Crippen LogP contribution in [0.5, 0.6) is 5.75 Å². The number of para-hydroxylation sites is 1.